The highest BCUT2D eigenvalue weighted by atomic mass is 16.3. The Bertz CT molecular complexity index is 1610. The third kappa shape index (κ3) is 6.18. The van der Waals surface area contributed by atoms with Gasteiger partial charge in [0.25, 0.3) is 0 Å². The molecule has 5 aromatic carbocycles. The fourth-order valence-corrected chi connectivity index (χ4v) is 5.08. The first-order valence-corrected chi connectivity index (χ1v) is 14.1. The summed E-state index contributed by atoms with van der Waals surface area (Å²) in [5, 5.41) is 21.1. The van der Waals surface area contributed by atoms with Gasteiger partial charge in [0, 0.05) is 34.4 Å². The van der Waals surface area contributed by atoms with Gasteiger partial charge in [-0.15, -0.1) is 0 Å². The van der Waals surface area contributed by atoms with Crippen LogP contribution in [0.4, 0.5) is 11.4 Å². The van der Waals surface area contributed by atoms with Crippen molar-refractivity contribution < 1.29 is 10.2 Å². The molecule has 0 saturated heterocycles. The third-order valence-corrected chi connectivity index (χ3v) is 8.02. The van der Waals surface area contributed by atoms with Crippen LogP contribution in [-0.4, -0.2) is 22.6 Å². The van der Waals surface area contributed by atoms with E-state index >= 15 is 0 Å². The van der Waals surface area contributed by atoms with Gasteiger partial charge in [-0.25, -0.2) is 0 Å². The number of aliphatic imine (C=N–C) groups is 2. The molecule has 0 amide bonds. The van der Waals surface area contributed by atoms with Gasteiger partial charge in [-0.05, 0) is 64.7 Å². The zero-order chi connectivity index (χ0) is 29.7. The summed E-state index contributed by atoms with van der Waals surface area (Å²) in [7, 11) is 0. The molecule has 0 heterocycles. The normalized spacial score (nSPS) is 12.3. The molecule has 5 rings (SSSR count). The molecule has 5 aromatic rings. The summed E-state index contributed by atoms with van der Waals surface area (Å²) < 4.78 is 0. The van der Waals surface area contributed by atoms with E-state index in [1.165, 1.54) is 11.1 Å². The number of phenolic OH excluding ortho intramolecular Hbond substituents is 2. The van der Waals surface area contributed by atoms with Gasteiger partial charge in [0.2, 0.25) is 0 Å². The molecule has 0 aliphatic rings. The van der Waals surface area contributed by atoms with Crippen molar-refractivity contribution in [1.82, 2.24) is 0 Å². The number of phenols is 2. The van der Waals surface area contributed by atoms with Crippen molar-refractivity contribution in [1.29, 1.82) is 0 Å². The Morgan fingerprint density at radius 2 is 0.857 bits per heavy atom. The molecular weight excluding hydrogens is 516 g/mol. The molecule has 4 heteroatoms. The predicted molar refractivity (Wildman–Crippen MR) is 174 cm³/mol. The second-order valence-corrected chi connectivity index (χ2v) is 11.6. The molecule has 0 spiro atoms. The minimum atomic E-state index is -0.231. The van der Waals surface area contributed by atoms with E-state index in [9.17, 15) is 10.2 Å². The molecule has 0 atom stereocenters. The summed E-state index contributed by atoms with van der Waals surface area (Å²) in [5.41, 5.74) is 6.82. The maximum atomic E-state index is 10.6. The third-order valence-electron chi connectivity index (χ3n) is 8.02. The first-order chi connectivity index (χ1) is 20.1. The largest absolute Gasteiger partial charge is 0.507 e. The van der Waals surface area contributed by atoms with Crippen LogP contribution in [0.15, 0.2) is 131 Å². The second kappa shape index (κ2) is 11.9. The zero-order valence-corrected chi connectivity index (χ0v) is 24.5. The van der Waals surface area contributed by atoms with Crippen LogP contribution in [0.25, 0.3) is 0 Å². The number of nitrogens with zero attached hydrogens (tertiary/aromatic N) is 2. The van der Waals surface area contributed by atoms with E-state index in [2.05, 4.69) is 61.9 Å². The lowest BCUT2D eigenvalue weighted by Crippen LogP contribution is -2.18. The van der Waals surface area contributed by atoms with Crippen LogP contribution < -0.4 is 0 Å². The minimum Gasteiger partial charge on any atom is -0.507 e. The summed E-state index contributed by atoms with van der Waals surface area (Å²) in [6.07, 6.45) is 3.37. The highest BCUT2D eigenvalue weighted by molar-refractivity contribution is 5.87. The quantitative estimate of drug-likeness (QED) is 0.188. The predicted octanol–water partition coefficient (Wildman–Crippen LogP) is 9.25. The topological polar surface area (TPSA) is 65.2 Å². The zero-order valence-electron chi connectivity index (χ0n) is 24.5. The fourth-order valence-electron chi connectivity index (χ4n) is 5.08. The van der Waals surface area contributed by atoms with Crippen LogP contribution in [0, 0.1) is 0 Å². The lowest BCUT2D eigenvalue weighted by atomic mass is 9.77. The summed E-state index contributed by atoms with van der Waals surface area (Å²) in [6, 6.07) is 39.5. The average Bonchev–Trinajstić information content (AvgIpc) is 3.01. The Balaban J connectivity index is 1.37. The van der Waals surface area contributed by atoms with Gasteiger partial charge in [-0.3, -0.25) is 9.98 Å². The Morgan fingerprint density at radius 3 is 1.26 bits per heavy atom. The standard InChI is InChI=1S/C38H36N2O2/c1-37(2,29-12-7-5-8-13-29)31-18-20-35(41)27(22-31)25-39-33-16-11-17-34(24-33)40-26-28-23-32(19-21-36(28)42)38(3,4)30-14-9-6-10-15-30/h5-26,41-42H,1-4H3. The van der Waals surface area contributed by atoms with Crippen molar-refractivity contribution >= 4 is 23.8 Å². The number of hydrogen-bond donors (Lipinski definition) is 2. The Morgan fingerprint density at radius 1 is 0.452 bits per heavy atom. The number of hydrogen-bond acceptors (Lipinski definition) is 4. The van der Waals surface area contributed by atoms with E-state index < -0.39 is 0 Å². The molecule has 0 aromatic heterocycles. The molecule has 0 radical (unpaired) electrons. The van der Waals surface area contributed by atoms with Gasteiger partial charge in [-0.1, -0.05) is 107 Å². The van der Waals surface area contributed by atoms with Crippen molar-refractivity contribution in [2.24, 2.45) is 9.98 Å². The molecule has 0 aliphatic heterocycles. The second-order valence-electron chi connectivity index (χ2n) is 11.6. The van der Waals surface area contributed by atoms with Crippen molar-refractivity contribution in [3.63, 3.8) is 0 Å². The van der Waals surface area contributed by atoms with Gasteiger partial charge in [0.15, 0.2) is 0 Å². The highest BCUT2D eigenvalue weighted by Gasteiger charge is 2.24. The molecule has 210 valence electrons. The van der Waals surface area contributed by atoms with E-state index in [-0.39, 0.29) is 22.3 Å². The molecule has 0 fully saturated rings. The van der Waals surface area contributed by atoms with Crippen LogP contribution in [-0.2, 0) is 10.8 Å². The Hall–Kier alpha value is -4.96. The minimum absolute atomic E-state index is 0.175. The van der Waals surface area contributed by atoms with Crippen molar-refractivity contribution in [3.05, 3.63) is 155 Å². The first-order valence-electron chi connectivity index (χ1n) is 14.1. The van der Waals surface area contributed by atoms with E-state index in [4.69, 9.17) is 0 Å². The van der Waals surface area contributed by atoms with E-state index in [1.54, 1.807) is 24.6 Å². The fraction of sp³-hybridized carbons (Fsp3) is 0.158. The number of benzene rings is 5. The number of aromatic hydroxyl groups is 2. The molecule has 2 N–H and O–H groups in total. The smallest absolute Gasteiger partial charge is 0.124 e. The van der Waals surface area contributed by atoms with Crippen LogP contribution in [0.2, 0.25) is 0 Å². The molecular formula is C38H36N2O2. The molecule has 0 saturated carbocycles. The van der Waals surface area contributed by atoms with Crippen LogP contribution in [0.5, 0.6) is 11.5 Å². The molecule has 0 unspecified atom stereocenters. The molecule has 0 bridgehead atoms. The summed E-state index contributed by atoms with van der Waals surface area (Å²) in [4.78, 5) is 9.28. The van der Waals surface area contributed by atoms with Crippen LogP contribution >= 0.6 is 0 Å². The SMILES string of the molecule is CC(C)(c1ccccc1)c1ccc(O)c(C=Nc2cccc(N=Cc3cc(C(C)(C)c4ccccc4)ccc3O)c2)c1. The molecule has 0 aliphatic carbocycles. The monoisotopic (exact) mass is 552 g/mol. The van der Waals surface area contributed by atoms with Crippen LogP contribution in [0.3, 0.4) is 0 Å². The maximum absolute atomic E-state index is 10.6. The first kappa shape index (κ1) is 28.6. The molecule has 42 heavy (non-hydrogen) atoms. The van der Waals surface area contributed by atoms with E-state index in [1.807, 2.05) is 84.9 Å². The average molecular weight is 553 g/mol. The van der Waals surface area contributed by atoms with Gasteiger partial charge in [-0.2, -0.15) is 0 Å². The Kier molecular flexibility index (Phi) is 8.08. The van der Waals surface area contributed by atoms with Crippen LogP contribution in [0.1, 0.15) is 61.1 Å². The van der Waals surface area contributed by atoms with Crippen molar-refractivity contribution in [2.45, 2.75) is 38.5 Å². The summed E-state index contributed by atoms with van der Waals surface area (Å²) in [5.74, 6) is 0.351. The van der Waals surface area contributed by atoms with Crippen molar-refractivity contribution in [2.75, 3.05) is 0 Å². The van der Waals surface area contributed by atoms with E-state index in [0.29, 0.717) is 22.5 Å². The van der Waals surface area contributed by atoms with Gasteiger partial charge >= 0.3 is 0 Å². The number of rotatable bonds is 8. The lowest BCUT2D eigenvalue weighted by Gasteiger charge is -2.26. The van der Waals surface area contributed by atoms with Gasteiger partial charge in [0.1, 0.15) is 11.5 Å². The van der Waals surface area contributed by atoms with E-state index in [0.717, 1.165) is 11.1 Å². The van der Waals surface area contributed by atoms with Gasteiger partial charge < -0.3 is 10.2 Å². The maximum Gasteiger partial charge on any atom is 0.124 e. The Labute approximate surface area is 248 Å². The lowest BCUT2D eigenvalue weighted by molar-refractivity contribution is 0.473. The van der Waals surface area contributed by atoms with Gasteiger partial charge in [0.05, 0.1) is 11.4 Å². The summed E-state index contributed by atoms with van der Waals surface area (Å²) >= 11 is 0. The summed E-state index contributed by atoms with van der Waals surface area (Å²) in [6.45, 7) is 8.70. The molecule has 4 nitrogen and oxygen atoms in total. The van der Waals surface area contributed by atoms with Crippen molar-refractivity contribution in [3.8, 4) is 11.5 Å². The highest BCUT2D eigenvalue weighted by Crippen LogP contribution is 2.35.